The average Bonchev–Trinajstić information content (AvgIpc) is 3.09. The van der Waals surface area contributed by atoms with Gasteiger partial charge in [0.1, 0.15) is 17.1 Å². The second-order valence-corrected chi connectivity index (χ2v) is 6.27. The fraction of sp³-hybridized carbons (Fsp3) is 0.105. The molecule has 1 aliphatic heterocycles. The number of ether oxygens (including phenoxy) is 1. The summed E-state index contributed by atoms with van der Waals surface area (Å²) in [4.78, 5) is 13.6. The van der Waals surface area contributed by atoms with Gasteiger partial charge in [0.15, 0.2) is 5.78 Å². The fourth-order valence-electron chi connectivity index (χ4n) is 4.19. The maximum Gasteiger partial charge on any atom is 0.245 e. The fourth-order valence-corrected chi connectivity index (χ4v) is 4.19. The number of nitrogens with two attached hydrogens (primary N) is 1. The van der Waals surface area contributed by atoms with Gasteiger partial charge >= 0.3 is 0 Å². The van der Waals surface area contributed by atoms with E-state index in [1.54, 1.807) is 6.07 Å². The van der Waals surface area contributed by atoms with E-state index in [4.69, 9.17) is 10.5 Å². The molecule has 1 aromatic heterocycles. The molecule has 6 heteroatoms. The molecule has 3 aromatic rings. The third kappa shape index (κ3) is 1.36. The quantitative estimate of drug-likeness (QED) is 0.659. The summed E-state index contributed by atoms with van der Waals surface area (Å²) in [5, 5.41) is 18.6. The smallest absolute Gasteiger partial charge is 0.245 e. The Balaban J connectivity index is 2.04. The van der Waals surface area contributed by atoms with Crippen LogP contribution in [0.5, 0.6) is 5.88 Å². The number of Topliss-reactive ketones (excluding diaryl/α,β-unsaturated/α-hetero) is 1. The third-order valence-electron chi connectivity index (χ3n) is 5.12. The van der Waals surface area contributed by atoms with Gasteiger partial charge in [0.25, 0.3) is 0 Å². The van der Waals surface area contributed by atoms with Gasteiger partial charge in [-0.1, -0.05) is 36.4 Å². The Morgan fingerprint density at radius 1 is 1.28 bits per heavy atom. The van der Waals surface area contributed by atoms with E-state index in [0.29, 0.717) is 16.8 Å². The maximum atomic E-state index is 13.6. The number of rotatable bonds is 0. The number of nitrogens with zero attached hydrogens (tertiary/aromatic N) is 2. The van der Waals surface area contributed by atoms with Crippen LogP contribution in [-0.4, -0.2) is 16.0 Å². The highest BCUT2D eigenvalue weighted by atomic mass is 16.5. The molecule has 0 amide bonds. The van der Waals surface area contributed by atoms with Crippen LogP contribution in [0, 0.1) is 18.3 Å². The van der Waals surface area contributed by atoms with E-state index in [9.17, 15) is 10.1 Å². The van der Waals surface area contributed by atoms with Crippen LogP contribution in [0.15, 0.2) is 47.9 Å². The van der Waals surface area contributed by atoms with Crippen LogP contribution in [0.25, 0.3) is 10.8 Å². The molecule has 120 valence electrons. The van der Waals surface area contributed by atoms with Crippen molar-refractivity contribution in [1.82, 2.24) is 10.2 Å². The molecule has 0 radical (unpaired) electrons. The summed E-state index contributed by atoms with van der Waals surface area (Å²) in [6.07, 6.45) is 0. The number of H-pyrrole nitrogens is 1. The Morgan fingerprint density at radius 2 is 2.04 bits per heavy atom. The van der Waals surface area contributed by atoms with Crippen LogP contribution in [0.4, 0.5) is 0 Å². The molecule has 3 N–H and O–H groups in total. The normalized spacial score (nSPS) is 20.7. The summed E-state index contributed by atoms with van der Waals surface area (Å²) in [5.74, 6) is -0.0142. The second kappa shape index (κ2) is 4.28. The van der Waals surface area contributed by atoms with E-state index in [1.807, 2.05) is 37.3 Å². The van der Waals surface area contributed by atoms with E-state index in [1.165, 1.54) is 0 Å². The summed E-state index contributed by atoms with van der Waals surface area (Å²) in [5.41, 5.74) is 7.39. The van der Waals surface area contributed by atoms with Gasteiger partial charge in [0, 0.05) is 11.3 Å². The summed E-state index contributed by atoms with van der Waals surface area (Å²) in [6.45, 7) is 1.81. The van der Waals surface area contributed by atoms with Crippen molar-refractivity contribution in [3.05, 3.63) is 70.2 Å². The summed E-state index contributed by atoms with van der Waals surface area (Å²) < 4.78 is 5.53. The van der Waals surface area contributed by atoms with E-state index < -0.39 is 5.41 Å². The van der Waals surface area contributed by atoms with Crippen molar-refractivity contribution in [3.63, 3.8) is 0 Å². The largest absolute Gasteiger partial charge is 0.420 e. The number of hydrogen-bond donors (Lipinski definition) is 2. The zero-order valence-corrected chi connectivity index (χ0v) is 13.3. The Morgan fingerprint density at radius 3 is 2.80 bits per heavy atom. The number of benzene rings is 2. The Hall–Kier alpha value is -3.59. The molecule has 6 nitrogen and oxygen atoms in total. The van der Waals surface area contributed by atoms with Gasteiger partial charge in [-0.3, -0.25) is 9.89 Å². The van der Waals surface area contributed by atoms with Crippen molar-refractivity contribution in [2.24, 2.45) is 5.73 Å². The van der Waals surface area contributed by atoms with Crippen molar-refractivity contribution in [2.45, 2.75) is 12.3 Å². The van der Waals surface area contributed by atoms with Crippen molar-refractivity contribution >= 4 is 16.6 Å². The standard InChI is InChI=1S/C19H12N4O2/c1-9-15-18(23-22-9)25-17(21)13(8-20)19(15)12-7-3-5-10-4-2-6-11(14(10)12)16(19)24/h2-7H,21H2,1H3,(H,22,23). The van der Waals surface area contributed by atoms with Crippen molar-refractivity contribution < 1.29 is 9.53 Å². The molecule has 1 aliphatic carbocycles. The lowest BCUT2D eigenvalue weighted by molar-refractivity contribution is 0.0936. The van der Waals surface area contributed by atoms with Crippen LogP contribution >= 0.6 is 0 Å². The van der Waals surface area contributed by atoms with Crippen LogP contribution in [0.2, 0.25) is 0 Å². The van der Waals surface area contributed by atoms with E-state index in [0.717, 1.165) is 16.3 Å². The third-order valence-corrected chi connectivity index (χ3v) is 5.12. The van der Waals surface area contributed by atoms with E-state index >= 15 is 0 Å². The Labute approximate surface area is 142 Å². The van der Waals surface area contributed by atoms with Gasteiger partial charge in [-0.05, 0) is 23.3 Å². The Kier molecular flexibility index (Phi) is 2.36. The minimum atomic E-state index is -1.31. The van der Waals surface area contributed by atoms with Gasteiger partial charge in [-0.15, -0.1) is 5.10 Å². The predicted molar refractivity (Wildman–Crippen MR) is 89.8 cm³/mol. The first-order valence-corrected chi connectivity index (χ1v) is 7.81. The molecule has 0 saturated heterocycles. The number of ketones is 1. The molecule has 1 spiro atoms. The first kappa shape index (κ1) is 13.8. The monoisotopic (exact) mass is 328 g/mol. The average molecular weight is 328 g/mol. The molecule has 2 aromatic carbocycles. The first-order valence-electron chi connectivity index (χ1n) is 7.81. The lowest BCUT2D eigenvalue weighted by atomic mass is 9.68. The molecule has 1 unspecified atom stereocenters. The number of carbonyl (C=O) groups excluding carboxylic acids is 1. The molecule has 2 aliphatic rings. The number of fused-ring (bicyclic) bond motifs is 3. The van der Waals surface area contributed by atoms with Gasteiger partial charge < -0.3 is 10.5 Å². The van der Waals surface area contributed by atoms with E-state index in [-0.39, 0.29) is 23.1 Å². The number of nitrogens with one attached hydrogen (secondary N) is 1. The van der Waals surface area contributed by atoms with Gasteiger partial charge in [-0.25, -0.2) is 0 Å². The zero-order chi connectivity index (χ0) is 17.3. The predicted octanol–water partition coefficient (Wildman–Crippen LogP) is 2.44. The number of nitriles is 1. The van der Waals surface area contributed by atoms with Gasteiger partial charge in [0.05, 0.1) is 5.56 Å². The highest BCUT2D eigenvalue weighted by molar-refractivity contribution is 6.24. The van der Waals surface area contributed by atoms with Crippen LogP contribution < -0.4 is 10.5 Å². The minimum absolute atomic E-state index is 0.0836. The molecule has 2 heterocycles. The summed E-state index contributed by atoms with van der Waals surface area (Å²) >= 11 is 0. The number of aromatic amines is 1. The number of carbonyl (C=O) groups is 1. The summed E-state index contributed by atoms with van der Waals surface area (Å²) in [7, 11) is 0. The minimum Gasteiger partial charge on any atom is -0.420 e. The zero-order valence-electron chi connectivity index (χ0n) is 13.3. The van der Waals surface area contributed by atoms with Gasteiger partial charge in [0.2, 0.25) is 11.8 Å². The first-order chi connectivity index (χ1) is 12.1. The SMILES string of the molecule is Cc1[nH]nc2c1C1(C(=O)c3cccc4cccc1c34)C(C#N)=C(N)O2. The topological polar surface area (TPSA) is 105 Å². The molecule has 0 saturated carbocycles. The second-order valence-electron chi connectivity index (χ2n) is 6.27. The highest BCUT2D eigenvalue weighted by Crippen LogP contribution is 2.55. The summed E-state index contributed by atoms with van der Waals surface area (Å²) in [6, 6.07) is 13.4. The van der Waals surface area contributed by atoms with Gasteiger partial charge in [-0.2, -0.15) is 5.26 Å². The molecular weight excluding hydrogens is 316 g/mol. The maximum absolute atomic E-state index is 13.6. The number of aromatic nitrogens is 2. The molecule has 25 heavy (non-hydrogen) atoms. The number of hydrogen-bond acceptors (Lipinski definition) is 5. The van der Waals surface area contributed by atoms with Crippen LogP contribution in [-0.2, 0) is 5.41 Å². The van der Waals surface area contributed by atoms with Crippen molar-refractivity contribution in [2.75, 3.05) is 0 Å². The molecule has 0 bridgehead atoms. The molecule has 5 rings (SSSR count). The van der Waals surface area contributed by atoms with Crippen LogP contribution in [0.3, 0.4) is 0 Å². The molecule has 1 atom stereocenters. The number of allylic oxidation sites excluding steroid dienone is 1. The molecule has 0 fully saturated rings. The van der Waals surface area contributed by atoms with Crippen molar-refractivity contribution in [3.8, 4) is 11.9 Å². The lowest BCUT2D eigenvalue weighted by Crippen LogP contribution is -2.41. The number of aryl methyl sites for hydroxylation is 1. The van der Waals surface area contributed by atoms with Crippen molar-refractivity contribution in [1.29, 1.82) is 5.26 Å². The van der Waals surface area contributed by atoms with E-state index in [2.05, 4.69) is 16.3 Å². The Bertz CT molecular complexity index is 1180. The van der Waals surface area contributed by atoms with Crippen LogP contribution in [0.1, 0.15) is 27.2 Å². The highest BCUT2D eigenvalue weighted by Gasteiger charge is 2.58. The molecular formula is C19H12N4O2. The lowest BCUT2D eigenvalue weighted by Gasteiger charge is -2.32.